The Morgan fingerprint density at radius 3 is 2.61 bits per heavy atom. The van der Waals surface area contributed by atoms with Crippen LogP contribution in [0, 0.1) is 0 Å². The smallest absolute Gasteiger partial charge is 0.224 e. The molecule has 0 spiro atoms. The van der Waals surface area contributed by atoms with Crippen LogP contribution in [0.5, 0.6) is 0 Å². The SMILES string of the molecule is O=C(CCc1ccc(Cl)cc1)Nc1cnn(-c2ccncc2)c1. The van der Waals surface area contributed by atoms with Gasteiger partial charge in [-0.1, -0.05) is 23.7 Å². The predicted molar refractivity (Wildman–Crippen MR) is 89.8 cm³/mol. The van der Waals surface area contributed by atoms with Crippen molar-refractivity contribution in [2.24, 2.45) is 0 Å². The summed E-state index contributed by atoms with van der Waals surface area (Å²) >= 11 is 5.84. The van der Waals surface area contributed by atoms with Gasteiger partial charge in [0.1, 0.15) is 0 Å². The average molecular weight is 327 g/mol. The summed E-state index contributed by atoms with van der Waals surface area (Å²) in [4.78, 5) is 16.0. The third kappa shape index (κ3) is 4.17. The molecular formula is C17H15ClN4O. The molecule has 1 amide bonds. The summed E-state index contributed by atoms with van der Waals surface area (Å²) < 4.78 is 1.69. The van der Waals surface area contributed by atoms with E-state index in [1.807, 2.05) is 36.4 Å². The molecule has 0 bridgehead atoms. The highest BCUT2D eigenvalue weighted by Gasteiger charge is 2.06. The van der Waals surface area contributed by atoms with E-state index < -0.39 is 0 Å². The van der Waals surface area contributed by atoms with Gasteiger partial charge in [0, 0.05) is 23.8 Å². The molecule has 2 heterocycles. The fraction of sp³-hybridized carbons (Fsp3) is 0.118. The van der Waals surface area contributed by atoms with Crippen molar-refractivity contribution in [1.29, 1.82) is 0 Å². The number of hydrogen-bond donors (Lipinski definition) is 1. The van der Waals surface area contributed by atoms with E-state index in [1.54, 1.807) is 29.5 Å². The van der Waals surface area contributed by atoms with Crippen LogP contribution in [0.2, 0.25) is 5.02 Å². The lowest BCUT2D eigenvalue weighted by atomic mass is 10.1. The minimum Gasteiger partial charge on any atom is -0.323 e. The maximum absolute atomic E-state index is 12.0. The molecule has 0 radical (unpaired) electrons. The van der Waals surface area contributed by atoms with Crippen LogP contribution in [0.15, 0.2) is 61.2 Å². The fourth-order valence-corrected chi connectivity index (χ4v) is 2.28. The average Bonchev–Trinajstić information content (AvgIpc) is 3.04. The van der Waals surface area contributed by atoms with Gasteiger partial charge in [-0.25, -0.2) is 4.68 Å². The molecule has 0 fully saturated rings. The largest absolute Gasteiger partial charge is 0.323 e. The molecule has 116 valence electrons. The van der Waals surface area contributed by atoms with Gasteiger partial charge in [0.2, 0.25) is 5.91 Å². The van der Waals surface area contributed by atoms with Crippen molar-refractivity contribution in [3.8, 4) is 5.69 Å². The van der Waals surface area contributed by atoms with Crippen LogP contribution in [-0.2, 0) is 11.2 Å². The van der Waals surface area contributed by atoms with Crippen molar-refractivity contribution in [1.82, 2.24) is 14.8 Å². The fourth-order valence-electron chi connectivity index (χ4n) is 2.16. The number of halogens is 1. The van der Waals surface area contributed by atoms with Gasteiger partial charge in [-0.2, -0.15) is 5.10 Å². The number of benzene rings is 1. The summed E-state index contributed by atoms with van der Waals surface area (Å²) in [5.41, 5.74) is 2.64. The molecule has 6 heteroatoms. The Bertz CT molecular complexity index is 784. The number of aryl methyl sites for hydroxylation is 1. The molecular weight excluding hydrogens is 312 g/mol. The first-order valence-corrected chi connectivity index (χ1v) is 7.58. The van der Waals surface area contributed by atoms with Gasteiger partial charge in [0.25, 0.3) is 0 Å². The van der Waals surface area contributed by atoms with Crippen LogP contribution in [0.4, 0.5) is 5.69 Å². The highest BCUT2D eigenvalue weighted by atomic mass is 35.5. The molecule has 2 aromatic heterocycles. The maximum Gasteiger partial charge on any atom is 0.224 e. The van der Waals surface area contributed by atoms with E-state index in [0.717, 1.165) is 11.3 Å². The van der Waals surface area contributed by atoms with Crippen molar-refractivity contribution in [3.05, 3.63) is 71.8 Å². The van der Waals surface area contributed by atoms with Gasteiger partial charge in [-0.3, -0.25) is 9.78 Å². The van der Waals surface area contributed by atoms with Gasteiger partial charge in [-0.05, 0) is 36.2 Å². The third-order valence-corrected chi connectivity index (χ3v) is 3.60. The minimum atomic E-state index is -0.0470. The first kappa shape index (κ1) is 15.2. The second-order valence-electron chi connectivity index (χ2n) is 5.05. The second kappa shape index (κ2) is 7.07. The van der Waals surface area contributed by atoms with Gasteiger partial charge >= 0.3 is 0 Å². The first-order valence-electron chi connectivity index (χ1n) is 7.20. The molecule has 0 saturated heterocycles. The van der Waals surface area contributed by atoms with Gasteiger partial charge < -0.3 is 5.32 Å². The summed E-state index contributed by atoms with van der Waals surface area (Å²) in [5, 5.41) is 7.77. The minimum absolute atomic E-state index is 0.0470. The molecule has 1 N–H and O–H groups in total. The number of pyridine rings is 1. The lowest BCUT2D eigenvalue weighted by molar-refractivity contribution is -0.116. The third-order valence-electron chi connectivity index (χ3n) is 3.35. The zero-order chi connectivity index (χ0) is 16.1. The lowest BCUT2D eigenvalue weighted by Gasteiger charge is -2.03. The summed E-state index contributed by atoms with van der Waals surface area (Å²) in [6.45, 7) is 0. The van der Waals surface area contributed by atoms with Gasteiger partial charge in [0.05, 0.1) is 23.8 Å². The van der Waals surface area contributed by atoms with Crippen molar-refractivity contribution in [3.63, 3.8) is 0 Å². The topological polar surface area (TPSA) is 59.8 Å². The van der Waals surface area contributed by atoms with Crippen molar-refractivity contribution >= 4 is 23.2 Å². The van der Waals surface area contributed by atoms with Crippen molar-refractivity contribution in [2.45, 2.75) is 12.8 Å². The van der Waals surface area contributed by atoms with E-state index in [9.17, 15) is 4.79 Å². The number of anilines is 1. The standard InChI is InChI=1S/C17H15ClN4O/c18-14-4-1-13(2-5-14)3-6-17(23)21-15-11-20-22(12-15)16-7-9-19-10-8-16/h1-2,4-5,7-12H,3,6H2,(H,21,23). The quantitative estimate of drug-likeness (QED) is 0.780. The molecule has 0 saturated carbocycles. The Hall–Kier alpha value is -2.66. The van der Waals surface area contributed by atoms with Crippen molar-refractivity contribution < 1.29 is 4.79 Å². The van der Waals surface area contributed by atoms with Crippen LogP contribution in [0.1, 0.15) is 12.0 Å². The first-order chi connectivity index (χ1) is 11.2. The number of aromatic nitrogens is 3. The van der Waals surface area contributed by atoms with E-state index >= 15 is 0 Å². The molecule has 23 heavy (non-hydrogen) atoms. The number of rotatable bonds is 5. The summed E-state index contributed by atoms with van der Waals surface area (Å²) in [5.74, 6) is -0.0470. The van der Waals surface area contributed by atoms with Crippen LogP contribution in [0.25, 0.3) is 5.69 Å². The Labute approximate surface area is 138 Å². The Kier molecular flexibility index (Phi) is 4.68. The number of nitrogens with zero attached hydrogens (tertiary/aromatic N) is 3. The van der Waals surface area contributed by atoms with Gasteiger partial charge in [0.15, 0.2) is 0 Å². The molecule has 0 aliphatic heterocycles. The number of carbonyl (C=O) groups excluding carboxylic acids is 1. The molecule has 0 unspecified atom stereocenters. The van der Waals surface area contributed by atoms with Crippen LogP contribution >= 0.6 is 11.6 Å². The maximum atomic E-state index is 12.0. The Balaban J connectivity index is 1.56. The van der Waals surface area contributed by atoms with Crippen LogP contribution < -0.4 is 5.32 Å². The van der Waals surface area contributed by atoms with E-state index in [2.05, 4.69) is 15.4 Å². The molecule has 3 rings (SSSR count). The Morgan fingerprint density at radius 2 is 1.87 bits per heavy atom. The highest BCUT2D eigenvalue weighted by Crippen LogP contribution is 2.13. The second-order valence-corrected chi connectivity index (χ2v) is 5.49. The van der Waals surface area contributed by atoms with E-state index in [4.69, 9.17) is 11.6 Å². The van der Waals surface area contributed by atoms with E-state index in [0.29, 0.717) is 23.6 Å². The Morgan fingerprint density at radius 1 is 1.13 bits per heavy atom. The number of nitrogens with one attached hydrogen (secondary N) is 1. The molecule has 5 nitrogen and oxygen atoms in total. The van der Waals surface area contributed by atoms with Crippen molar-refractivity contribution in [2.75, 3.05) is 5.32 Å². The van der Waals surface area contributed by atoms with Crippen LogP contribution in [-0.4, -0.2) is 20.7 Å². The monoisotopic (exact) mass is 326 g/mol. The normalized spacial score (nSPS) is 10.5. The van der Waals surface area contributed by atoms with Gasteiger partial charge in [-0.15, -0.1) is 0 Å². The zero-order valence-corrected chi connectivity index (χ0v) is 13.1. The molecule has 0 atom stereocenters. The predicted octanol–water partition coefficient (Wildman–Crippen LogP) is 3.49. The zero-order valence-electron chi connectivity index (χ0n) is 12.3. The highest BCUT2D eigenvalue weighted by molar-refractivity contribution is 6.30. The van der Waals surface area contributed by atoms with E-state index in [-0.39, 0.29) is 5.91 Å². The molecule has 3 aromatic rings. The number of hydrogen-bond acceptors (Lipinski definition) is 3. The van der Waals surface area contributed by atoms with Crippen LogP contribution in [0.3, 0.4) is 0 Å². The molecule has 0 aliphatic rings. The molecule has 1 aromatic carbocycles. The lowest BCUT2D eigenvalue weighted by Crippen LogP contribution is -2.11. The number of carbonyl (C=O) groups is 1. The number of amides is 1. The summed E-state index contributed by atoms with van der Waals surface area (Å²) in [6.07, 6.45) is 7.86. The summed E-state index contributed by atoms with van der Waals surface area (Å²) in [7, 11) is 0. The molecule has 0 aliphatic carbocycles. The summed E-state index contributed by atoms with van der Waals surface area (Å²) in [6, 6.07) is 11.2. The van der Waals surface area contributed by atoms with E-state index in [1.165, 1.54) is 0 Å².